The normalized spacial score (nSPS) is 16.4. The van der Waals surface area contributed by atoms with Gasteiger partial charge in [0.05, 0.1) is 5.39 Å². The quantitative estimate of drug-likeness (QED) is 0.580. The number of carbonyl (C=O) groups is 1. The van der Waals surface area contributed by atoms with Gasteiger partial charge in [0.1, 0.15) is 17.7 Å². The number of rotatable bonds is 3. The van der Waals surface area contributed by atoms with Gasteiger partial charge in [0.15, 0.2) is 5.65 Å². The molecule has 0 bridgehead atoms. The number of fused-ring (bicyclic) bond motifs is 5. The lowest BCUT2D eigenvalue weighted by molar-refractivity contribution is -0.117. The van der Waals surface area contributed by atoms with Crippen molar-refractivity contribution >= 4 is 38.8 Å². The van der Waals surface area contributed by atoms with Gasteiger partial charge in [-0.3, -0.25) is 4.79 Å². The zero-order chi connectivity index (χ0) is 19.3. The summed E-state index contributed by atoms with van der Waals surface area (Å²) in [6.07, 6.45) is 4.68. The number of anilines is 1. The van der Waals surface area contributed by atoms with Crippen LogP contribution in [0.25, 0.3) is 15.9 Å². The highest BCUT2D eigenvalue weighted by Crippen LogP contribution is 2.38. The highest BCUT2D eigenvalue weighted by Gasteiger charge is 2.24. The maximum Gasteiger partial charge on any atom is 0.352 e. The molecule has 0 unspecified atom stereocenters. The predicted octanol–water partition coefficient (Wildman–Crippen LogP) is 2.87. The number of nitrogens with zero attached hydrogens (tertiary/aromatic N) is 4. The Hall–Kier alpha value is -3.00. The van der Waals surface area contributed by atoms with E-state index in [1.807, 2.05) is 18.2 Å². The lowest BCUT2D eigenvalue weighted by Gasteiger charge is -2.17. The fraction of sp³-hybridized carbons (Fsp3) is 0.300. The summed E-state index contributed by atoms with van der Waals surface area (Å²) < 4.78 is 2.66. The van der Waals surface area contributed by atoms with E-state index in [9.17, 15) is 9.59 Å². The van der Waals surface area contributed by atoms with Crippen molar-refractivity contribution in [2.45, 2.75) is 32.7 Å². The van der Waals surface area contributed by atoms with E-state index in [4.69, 9.17) is 0 Å². The largest absolute Gasteiger partial charge is 0.352 e. The van der Waals surface area contributed by atoms with Gasteiger partial charge in [-0.05, 0) is 42.9 Å². The maximum atomic E-state index is 12.7. The highest BCUT2D eigenvalue weighted by atomic mass is 32.1. The number of para-hydroxylation sites is 1. The molecule has 142 valence electrons. The van der Waals surface area contributed by atoms with Gasteiger partial charge in [0, 0.05) is 10.6 Å². The third-order valence-corrected chi connectivity index (χ3v) is 6.39. The van der Waals surface area contributed by atoms with Gasteiger partial charge in [-0.1, -0.05) is 25.1 Å². The monoisotopic (exact) mass is 393 g/mol. The van der Waals surface area contributed by atoms with E-state index in [0.29, 0.717) is 17.3 Å². The molecule has 1 N–H and O–H groups in total. The summed E-state index contributed by atoms with van der Waals surface area (Å²) in [4.78, 5) is 31.9. The SMILES string of the molecule is C[C@H]1CCc2c(sc3ncn4c(=O)n(CC(=O)Nc5ccccc5)nc4c23)C1. The van der Waals surface area contributed by atoms with Crippen LogP contribution in [0.2, 0.25) is 0 Å². The zero-order valence-corrected chi connectivity index (χ0v) is 16.2. The van der Waals surface area contributed by atoms with Crippen molar-refractivity contribution in [3.63, 3.8) is 0 Å². The first-order chi connectivity index (χ1) is 13.6. The molecule has 1 aromatic carbocycles. The molecular weight excluding hydrogens is 374 g/mol. The number of aryl methyl sites for hydroxylation is 1. The summed E-state index contributed by atoms with van der Waals surface area (Å²) in [7, 11) is 0. The lowest BCUT2D eigenvalue weighted by Crippen LogP contribution is -2.28. The second kappa shape index (κ2) is 6.56. The van der Waals surface area contributed by atoms with Crippen molar-refractivity contribution in [1.29, 1.82) is 0 Å². The van der Waals surface area contributed by atoms with E-state index in [1.54, 1.807) is 23.5 Å². The number of aromatic nitrogens is 4. The van der Waals surface area contributed by atoms with E-state index < -0.39 is 0 Å². The van der Waals surface area contributed by atoms with Gasteiger partial charge >= 0.3 is 5.69 Å². The van der Waals surface area contributed by atoms with E-state index >= 15 is 0 Å². The minimum atomic E-state index is -0.350. The number of amides is 1. The molecule has 3 aromatic heterocycles. The molecule has 0 radical (unpaired) electrons. The Morgan fingerprint density at radius 2 is 2.14 bits per heavy atom. The molecule has 1 atom stereocenters. The van der Waals surface area contributed by atoms with Crippen LogP contribution in [-0.4, -0.2) is 25.1 Å². The number of carbonyl (C=O) groups excluding carboxylic acids is 1. The van der Waals surface area contributed by atoms with Crippen LogP contribution in [-0.2, 0) is 24.2 Å². The third-order valence-electron chi connectivity index (χ3n) is 5.23. The van der Waals surface area contributed by atoms with E-state index in [2.05, 4.69) is 22.3 Å². The Morgan fingerprint density at radius 3 is 2.96 bits per heavy atom. The number of benzene rings is 1. The van der Waals surface area contributed by atoms with E-state index in [0.717, 1.165) is 29.5 Å². The minimum Gasteiger partial charge on any atom is -0.324 e. The molecule has 1 amide bonds. The number of thiophene rings is 1. The van der Waals surface area contributed by atoms with Crippen molar-refractivity contribution in [2.75, 3.05) is 5.32 Å². The molecule has 4 aromatic rings. The summed E-state index contributed by atoms with van der Waals surface area (Å²) in [6, 6.07) is 9.17. The van der Waals surface area contributed by atoms with Crippen LogP contribution in [0.4, 0.5) is 5.69 Å². The molecule has 0 aliphatic heterocycles. The second-order valence-corrected chi connectivity index (χ2v) is 8.41. The standard InChI is InChI=1S/C20H19N5O2S/c1-12-7-8-14-15(9-12)28-19-17(14)18-23-25(20(27)24(18)11-21-19)10-16(26)22-13-5-3-2-4-6-13/h2-6,11-12H,7-10H2,1H3,(H,22,26)/t12-/m0/s1. The zero-order valence-electron chi connectivity index (χ0n) is 15.4. The Bertz CT molecular complexity index is 1250. The molecule has 3 heterocycles. The van der Waals surface area contributed by atoms with Crippen LogP contribution in [0.15, 0.2) is 41.5 Å². The number of nitrogens with one attached hydrogen (secondary N) is 1. The predicted molar refractivity (Wildman–Crippen MR) is 109 cm³/mol. The first kappa shape index (κ1) is 17.1. The van der Waals surface area contributed by atoms with Gasteiger partial charge in [0.25, 0.3) is 0 Å². The van der Waals surface area contributed by atoms with Crippen LogP contribution in [0.1, 0.15) is 23.8 Å². The lowest BCUT2D eigenvalue weighted by atomic mass is 9.89. The molecule has 0 saturated carbocycles. The van der Waals surface area contributed by atoms with Crippen molar-refractivity contribution in [3.05, 3.63) is 57.6 Å². The van der Waals surface area contributed by atoms with Crippen molar-refractivity contribution in [2.24, 2.45) is 5.92 Å². The molecule has 0 saturated heterocycles. The first-order valence-electron chi connectivity index (χ1n) is 9.33. The summed E-state index contributed by atoms with van der Waals surface area (Å²) in [5.74, 6) is 0.375. The smallest absolute Gasteiger partial charge is 0.324 e. The van der Waals surface area contributed by atoms with Crippen LogP contribution in [0, 0.1) is 5.92 Å². The molecule has 0 spiro atoms. The van der Waals surface area contributed by atoms with Gasteiger partial charge in [-0.2, -0.15) is 0 Å². The summed E-state index contributed by atoms with van der Waals surface area (Å²) in [6.45, 7) is 2.13. The highest BCUT2D eigenvalue weighted by molar-refractivity contribution is 7.19. The maximum absolute atomic E-state index is 12.7. The second-order valence-electron chi connectivity index (χ2n) is 7.32. The van der Waals surface area contributed by atoms with E-state index in [-0.39, 0.29) is 18.1 Å². The number of hydrogen-bond acceptors (Lipinski definition) is 5. The van der Waals surface area contributed by atoms with Crippen LogP contribution >= 0.6 is 11.3 Å². The summed E-state index contributed by atoms with van der Waals surface area (Å²) in [5.41, 5.74) is 2.20. The Labute approximate surface area is 164 Å². The molecule has 28 heavy (non-hydrogen) atoms. The average Bonchev–Trinajstić information content (AvgIpc) is 3.19. The first-order valence-corrected chi connectivity index (χ1v) is 10.1. The van der Waals surface area contributed by atoms with Crippen LogP contribution < -0.4 is 11.0 Å². The minimum absolute atomic E-state index is 0.139. The number of hydrogen-bond donors (Lipinski definition) is 1. The molecule has 1 aliphatic rings. The molecule has 8 heteroatoms. The Morgan fingerprint density at radius 1 is 1.32 bits per heavy atom. The molecular formula is C20H19N5O2S. The molecule has 5 rings (SSSR count). The molecule has 1 aliphatic carbocycles. The van der Waals surface area contributed by atoms with Gasteiger partial charge < -0.3 is 5.32 Å². The molecule has 0 fully saturated rings. The fourth-order valence-electron chi connectivity index (χ4n) is 3.82. The Kier molecular flexibility index (Phi) is 4.01. The van der Waals surface area contributed by atoms with E-state index in [1.165, 1.54) is 25.9 Å². The average molecular weight is 393 g/mol. The third kappa shape index (κ3) is 2.80. The van der Waals surface area contributed by atoms with Gasteiger partial charge in [-0.15, -0.1) is 16.4 Å². The summed E-state index contributed by atoms with van der Waals surface area (Å²) >= 11 is 1.69. The van der Waals surface area contributed by atoms with Crippen LogP contribution in [0.3, 0.4) is 0 Å². The fourth-order valence-corrected chi connectivity index (χ4v) is 5.17. The van der Waals surface area contributed by atoms with Gasteiger partial charge in [-0.25, -0.2) is 18.9 Å². The van der Waals surface area contributed by atoms with Gasteiger partial charge in [0.2, 0.25) is 5.91 Å². The Balaban J connectivity index is 1.54. The summed E-state index contributed by atoms with van der Waals surface area (Å²) in [5, 5.41) is 8.25. The molecule has 7 nitrogen and oxygen atoms in total. The topological polar surface area (TPSA) is 81.3 Å². The van der Waals surface area contributed by atoms with Crippen LogP contribution in [0.5, 0.6) is 0 Å². The van der Waals surface area contributed by atoms with Crippen molar-refractivity contribution in [3.8, 4) is 0 Å². The van der Waals surface area contributed by atoms with Crippen molar-refractivity contribution < 1.29 is 4.79 Å². The van der Waals surface area contributed by atoms with Crippen molar-refractivity contribution in [1.82, 2.24) is 19.2 Å².